The lowest BCUT2D eigenvalue weighted by Gasteiger charge is -2.07. The maximum Gasteiger partial charge on any atom is 0.251 e. The van der Waals surface area contributed by atoms with Crippen molar-refractivity contribution in [3.63, 3.8) is 0 Å². The van der Waals surface area contributed by atoms with E-state index in [4.69, 9.17) is 10.5 Å². The van der Waals surface area contributed by atoms with Gasteiger partial charge in [-0.15, -0.1) is 0 Å². The summed E-state index contributed by atoms with van der Waals surface area (Å²) in [4.78, 5) is 16.1. The van der Waals surface area contributed by atoms with E-state index in [1.165, 1.54) is 0 Å². The Hall–Kier alpha value is -2.56. The van der Waals surface area contributed by atoms with Crippen molar-refractivity contribution in [2.45, 2.75) is 13.3 Å². The Labute approximate surface area is 124 Å². The van der Waals surface area contributed by atoms with E-state index >= 15 is 0 Å². The monoisotopic (exact) mass is 285 g/mol. The number of anilines is 1. The molecule has 1 aromatic heterocycles. The molecule has 21 heavy (non-hydrogen) atoms. The average molecular weight is 285 g/mol. The summed E-state index contributed by atoms with van der Waals surface area (Å²) in [5.74, 6) is 1.03. The number of carbonyl (C=O) groups excluding carboxylic acids is 1. The largest absolute Gasteiger partial charge is 0.497 e. The van der Waals surface area contributed by atoms with Gasteiger partial charge in [0.2, 0.25) is 0 Å². The molecule has 2 aromatic rings. The third kappa shape index (κ3) is 4.21. The van der Waals surface area contributed by atoms with Gasteiger partial charge in [-0.2, -0.15) is 0 Å². The van der Waals surface area contributed by atoms with E-state index in [1.54, 1.807) is 19.2 Å². The lowest BCUT2D eigenvalue weighted by molar-refractivity contribution is 0.0954. The number of ether oxygens (including phenoxy) is 1. The van der Waals surface area contributed by atoms with E-state index in [2.05, 4.69) is 10.3 Å². The van der Waals surface area contributed by atoms with E-state index in [1.807, 2.05) is 31.2 Å². The van der Waals surface area contributed by atoms with Crippen LogP contribution >= 0.6 is 0 Å². The molecule has 0 fully saturated rings. The summed E-state index contributed by atoms with van der Waals surface area (Å²) in [6.45, 7) is 2.36. The van der Waals surface area contributed by atoms with Crippen molar-refractivity contribution in [2.24, 2.45) is 0 Å². The molecule has 1 aromatic carbocycles. The number of methoxy groups -OCH3 is 1. The van der Waals surface area contributed by atoms with Crippen LogP contribution in [-0.4, -0.2) is 24.5 Å². The molecule has 0 saturated carbocycles. The van der Waals surface area contributed by atoms with Gasteiger partial charge in [0.15, 0.2) is 0 Å². The molecule has 0 atom stereocenters. The maximum absolute atomic E-state index is 12.0. The van der Waals surface area contributed by atoms with Crippen molar-refractivity contribution in [3.8, 4) is 5.75 Å². The minimum Gasteiger partial charge on any atom is -0.497 e. The van der Waals surface area contributed by atoms with Crippen LogP contribution in [0.25, 0.3) is 0 Å². The lowest BCUT2D eigenvalue weighted by Crippen LogP contribution is -2.26. The van der Waals surface area contributed by atoms with E-state index in [0.29, 0.717) is 17.9 Å². The molecule has 2 rings (SSSR count). The van der Waals surface area contributed by atoms with Crippen molar-refractivity contribution < 1.29 is 9.53 Å². The van der Waals surface area contributed by atoms with Crippen molar-refractivity contribution in [1.29, 1.82) is 0 Å². The third-order valence-electron chi connectivity index (χ3n) is 3.07. The molecule has 0 aliphatic heterocycles. The number of rotatable bonds is 5. The molecule has 110 valence electrons. The number of nitrogen functional groups attached to an aromatic ring is 1. The fourth-order valence-corrected chi connectivity index (χ4v) is 2.08. The Bertz CT molecular complexity index is 621. The molecule has 1 heterocycles. The Balaban J connectivity index is 1.92. The summed E-state index contributed by atoms with van der Waals surface area (Å²) >= 11 is 0. The number of aromatic nitrogens is 1. The first-order chi connectivity index (χ1) is 10.1. The fraction of sp³-hybridized carbons (Fsp3) is 0.250. The smallest absolute Gasteiger partial charge is 0.251 e. The second-order valence-electron chi connectivity index (χ2n) is 4.78. The summed E-state index contributed by atoms with van der Waals surface area (Å²) in [7, 11) is 1.64. The summed E-state index contributed by atoms with van der Waals surface area (Å²) in [5, 5.41) is 2.88. The zero-order valence-electron chi connectivity index (χ0n) is 12.2. The van der Waals surface area contributed by atoms with Crippen molar-refractivity contribution in [1.82, 2.24) is 10.3 Å². The molecule has 5 heteroatoms. The molecule has 3 N–H and O–H groups in total. The predicted molar refractivity (Wildman–Crippen MR) is 82.4 cm³/mol. The first-order valence-corrected chi connectivity index (χ1v) is 6.74. The molecule has 0 bridgehead atoms. The highest BCUT2D eigenvalue weighted by Crippen LogP contribution is 2.12. The van der Waals surface area contributed by atoms with Crippen LogP contribution in [0.15, 0.2) is 36.4 Å². The Morgan fingerprint density at radius 3 is 2.86 bits per heavy atom. The van der Waals surface area contributed by atoms with Gasteiger partial charge in [0.25, 0.3) is 5.91 Å². The van der Waals surface area contributed by atoms with E-state index in [-0.39, 0.29) is 5.91 Å². The number of benzene rings is 1. The number of pyridine rings is 1. The summed E-state index contributed by atoms with van der Waals surface area (Å²) < 4.78 is 5.17. The van der Waals surface area contributed by atoms with Gasteiger partial charge < -0.3 is 15.8 Å². The molecule has 0 aliphatic rings. The number of aryl methyl sites for hydroxylation is 1. The van der Waals surface area contributed by atoms with Crippen LogP contribution < -0.4 is 15.8 Å². The molecule has 0 aliphatic carbocycles. The Morgan fingerprint density at radius 2 is 2.14 bits per heavy atom. The number of hydrogen-bond donors (Lipinski definition) is 2. The normalized spacial score (nSPS) is 10.2. The van der Waals surface area contributed by atoms with Gasteiger partial charge in [0, 0.05) is 17.8 Å². The number of nitrogens with two attached hydrogens (primary N) is 1. The first kappa shape index (κ1) is 14.8. The number of carbonyl (C=O) groups is 1. The van der Waals surface area contributed by atoms with Crippen molar-refractivity contribution in [3.05, 3.63) is 53.2 Å². The molecular weight excluding hydrogens is 266 g/mol. The number of nitrogens with one attached hydrogen (secondary N) is 1. The molecule has 1 amide bonds. The van der Waals surface area contributed by atoms with Gasteiger partial charge in [0.1, 0.15) is 11.6 Å². The SMILES string of the molecule is COc1cccc(CCNC(=O)c2cc(C)nc(N)c2)c1. The maximum atomic E-state index is 12.0. The second-order valence-corrected chi connectivity index (χ2v) is 4.78. The van der Waals surface area contributed by atoms with Gasteiger partial charge in [0.05, 0.1) is 7.11 Å². The highest BCUT2D eigenvalue weighted by Gasteiger charge is 2.07. The van der Waals surface area contributed by atoms with Crippen LogP contribution in [0.1, 0.15) is 21.6 Å². The van der Waals surface area contributed by atoms with Crippen LogP contribution in [0.4, 0.5) is 5.82 Å². The van der Waals surface area contributed by atoms with Crippen LogP contribution in [0.5, 0.6) is 5.75 Å². The highest BCUT2D eigenvalue weighted by atomic mass is 16.5. The highest BCUT2D eigenvalue weighted by molar-refractivity contribution is 5.94. The van der Waals surface area contributed by atoms with Gasteiger partial charge in [-0.3, -0.25) is 4.79 Å². The minimum atomic E-state index is -0.143. The molecule has 0 unspecified atom stereocenters. The van der Waals surface area contributed by atoms with Gasteiger partial charge in [-0.25, -0.2) is 4.98 Å². The van der Waals surface area contributed by atoms with Crippen LogP contribution in [0.2, 0.25) is 0 Å². The average Bonchev–Trinajstić information content (AvgIpc) is 2.46. The zero-order chi connectivity index (χ0) is 15.2. The quantitative estimate of drug-likeness (QED) is 0.880. The molecular formula is C16H19N3O2. The third-order valence-corrected chi connectivity index (χ3v) is 3.07. The molecule has 0 spiro atoms. The van der Waals surface area contributed by atoms with Crippen molar-refractivity contribution >= 4 is 11.7 Å². The van der Waals surface area contributed by atoms with E-state index < -0.39 is 0 Å². The van der Waals surface area contributed by atoms with Gasteiger partial charge >= 0.3 is 0 Å². The Morgan fingerprint density at radius 1 is 1.33 bits per heavy atom. The topological polar surface area (TPSA) is 77.2 Å². The number of nitrogens with zero attached hydrogens (tertiary/aromatic N) is 1. The lowest BCUT2D eigenvalue weighted by atomic mass is 10.1. The number of hydrogen-bond acceptors (Lipinski definition) is 4. The zero-order valence-corrected chi connectivity index (χ0v) is 12.2. The molecule has 0 saturated heterocycles. The molecule has 0 radical (unpaired) electrons. The first-order valence-electron chi connectivity index (χ1n) is 6.74. The van der Waals surface area contributed by atoms with Crippen LogP contribution in [0, 0.1) is 6.92 Å². The van der Waals surface area contributed by atoms with Crippen molar-refractivity contribution in [2.75, 3.05) is 19.4 Å². The van der Waals surface area contributed by atoms with Crippen LogP contribution in [-0.2, 0) is 6.42 Å². The summed E-state index contributed by atoms with van der Waals surface area (Å²) in [6, 6.07) is 11.1. The molecule has 5 nitrogen and oxygen atoms in total. The Kier molecular flexibility index (Phi) is 4.77. The van der Waals surface area contributed by atoms with Gasteiger partial charge in [-0.05, 0) is 43.2 Å². The standard InChI is InChI=1S/C16H19N3O2/c1-11-8-13(10-15(17)19-11)16(20)18-7-6-12-4-3-5-14(9-12)21-2/h3-5,8-10H,6-7H2,1-2H3,(H2,17,19)(H,18,20). The number of amides is 1. The van der Waals surface area contributed by atoms with Gasteiger partial charge in [-0.1, -0.05) is 12.1 Å². The predicted octanol–water partition coefficient (Wildman–Crippen LogP) is 1.95. The van der Waals surface area contributed by atoms with Crippen LogP contribution in [0.3, 0.4) is 0 Å². The summed E-state index contributed by atoms with van der Waals surface area (Å²) in [5.41, 5.74) is 8.02. The second kappa shape index (κ2) is 6.74. The summed E-state index contributed by atoms with van der Waals surface area (Å²) in [6.07, 6.45) is 0.739. The minimum absolute atomic E-state index is 0.143. The van der Waals surface area contributed by atoms with E-state index in [9.17, 15) is 4.79 Å². The van der Waals surface area contributed by atoms with E-state index in [0.717, 1.165) is 23.4 Å². The fourth-order valence-electron chi connectivity index (χ4n) is 2.08.